The van der Waals surface area contributed by atoms with E-state index in [-0.39, 0.29) is 5.54 Å². The van der Waals surface area contributed by atoms with Gasteiger partial charge in [-0.3, -0.25) is 0 Å². The molecule has 0 aromatic rings. The molecule has 0 bridgehead atoms. The molecule has 2 nitrogen and oxygen atoms in total. The highest BCUT2D eigenvalue weighted by Gasteiger charge is 2.37. The van der Waals surface area contributed by atoms with E-state index in [9.17, 15) is 0 Å². The van der Waals surface area contributed by atoms with Gasteiger partial charge in [0, 0.05) is 24.7 Å². The molecule has 21 heavy (non-hydrogen) atoms. The van der Waals surface area contributed by atoms with E-state index in [1.807, 2.05) is 0 Å². The summed E-state index contributed by atoms with van der Waals surface area (Å²) in [5, 5.41) is 3.80. The van der Waals surface area contributed by atoms with Crippen molar-refractivity contribution in [3.05, 3.63) is 0 Å². The molecule has 1 rings (SSSR count). The lowest BCUT2D eigenvalue weighted by Gasteiger charge is -2.45. The summed E-state index contributed by atoms with van der Waals surface area (Å²) in [6.45, 7) is 18.7. The topological polar surface area (TPSA) is 15.3 Å². The van der Waals surface area contributed by atoms with Gasteiger partial charge in [0.15, 0.2) is 0 Å². The molecule has 0 aromatic carbocycles. The molecule has 3 unspecified atom stereocenters. The summed E-state index contributed by atoms with van der Waals surface area (Å²) < 4.78 is 0. The molecule has 1 fully saturated rings. The van der Waals surface area contributed by atoms with Crippen LogP contribution in [-0.2, 0) is 0 Å². The lowest BCUT2D eigenvalue weighted by Crippen LogP contribution is -2.51. The van der Waals surface area contributed by atoms with E-state index in [1.54, 1.807) is 0 Å². The normalized spacial score (nSPS) is 29.1. The second-order valence-electron chi connectivity index (χ2n) is 9.20. The van der Waals surface area contributed by atoms with Crippen LogP contribution in [0, 0.1) is 17.3 Å². The number of nitrogens with zero attached hydrogens (tertiary/aromatic N) is 1. The van der Waals surface area contributed by atoms with Gasteiger partial charge in [-0.25, -0.2) is 0 Å². The SMILES string of the molecule is CC1CCCC(CNC(C)(C)C)(CN(C)C(C)C(C)C)C1. The van der Waals surface area contributed by atoms with E-state index in [0.717, 1.165) is 18.4 Å². The molecule has 0 heterocycles. The van der Waals surface area contributed by atoms with Gasteiger partial charge < -0.3 is 10.2 Å². The van der Waals surface area contributed by atoms with Gasteiger partial charge in [-0.1, -0.05) is 33.6 Å². The van der Waals surface area contributed by atoms with Crippen molar-refractivity contribution in [3.63, 3.8) is 0 Å². The number of nitrogens with one attached hydrogen (secondary N) is 1. The molecule has 0 amide bonds. The average molecular weight is 297 g/mol. The molecule has 1 aliphatic rings. The van der Waals surface area contributed by atoms with Crippen molar-refractivity contribution in [2.75, 3.05) is 20.1 Å². The highest BCUT2D eigenvalue weighted by atomic mass is 15.1. The van der Waals surface area contributed by atoms with Crippen molar-refractivity contribution in [1.29, 1.82) is 0 Å². The second-order valence-corrected chi connectivity index (χ2v) is 9.20. The Kier molecular flexibility index (Phi) is 6.74. The zero-order valence-electron chi connectivity index (χ0n) is 15.9. The summed E-state index contributed by atoms with van der Waals surface area (Å²) in [6.07, 6.45) is 5.58. The quantitative estimate of drug-likeness (QED) is 0.773. The highest BCUT2D eigenvalue weighted by Crippen LogP contribution is 2.40. The Labute approximate surface area is 134 Å². The van der Waals surface area contributed by atoms with Crippen LogP contribution in [0.25, 0.3) is 0 Å². The number of hydrogen-bond donors (Lipinski definition) is 1. The Morgan fingerprint density at radius 2 is 1.86 bits per heavy atom. The Bertz CT molecular complexity index is 305. The molecule has 2 heteroatoms. The van der Waals surface area contributed by atoms with Crippen molar-refractivity contribution in [1.82, 2.24) is 10.2 Å². The van der Waals surface area contributed by atoms with Crippen LogP contribution in [0.1, 0.15) is 74.1 Å². The standard InChI is InChI=1S/C19H40N2/c1-15(2)17(4)21(8)14-19(13-20-18(5,6)7)11-9-10-16(3)12-19/h15-17,20H,9-14H2,1-8H3. The van der Waals surface area contributed by atoms with Gasteiger partial charge in [-0.2, -0.15) is 0 Å². The first-order valence-electron chi connectivity index (χ1n) is 9.00. The zero-order chi connectivity index (χ0) is 16.3. The molecule has 0 spiro atoms. The first kappa shape index (κ1) is 19.0. The lowest BCUT2D eigenvalue weighted by atomic mass is 9.69. The van der Waals surface area contributed by atoms with Gasteiger partial charge >= 0.3 is 0 Å². The largest absolute Gasteiger partial charge is 0.311 e. The first-order valence-corrected chi connectivity index (χ1v) is 9.00. The van der Waals surface area contributed by atoms with Crippen LogP contribution in [0.4, 0.5) is 0 Å². The fourth-order valence-electron chi connectivity index (χ4n) is 3.76. The molecule has 1 N–H and O–H groups in total. The average Bonchev–Trinajstić information content (AvgIpc) is 2.34. The second kappa shape index (κ2) is 7.46. The molecular formula is C19H40N2. The molecule has 1 saturated carbocycles. The van der Waals surface area contributed by atoms with Crippen LogP contribution < -0.4 is 5.32 Å². The van der Waals surface area contributed by atoms with E-state index >= 15 is 0 Å². The van der Waals surface area contributed by atoms with E-state index in [0.29, 0.717) is 11.5 Å². The summed E-state index contributed by atoms with van der Waals surface area (Å²) >= 11 is 0. The maximum absolute atomic E-state index is 3.80. The van der Waals surface area contributed by atoms with Crippen LogP contribution in [-0.4, -0.2) is 36.6 Å². The highest BCUT2D eigenvalue weighted by molar-refractivity contribution is 4.92. The summed E-state index contributed by atoms with van der Waals surface area (Å²) in [5.41, 5.74) is 0.679. The molecule has 0 radical (unpaired) electrons. The minimum Gasteiger partial charge on any atom is -0.311 e. The monoisotopic (exact) mass is 296 g/mol. The predicted octanol–water partition coefficient (Wildman–Crippen LogP) is 4.55. The number of rotatable bonds is 6. The van der Waals surface area contributed by atoms with Crippen molar-refractivity contribution in [2.45, 2.75) is 85.7 Å². The smallest absolute Gasteiger partial charge is 0.00967 e. The summed E-state index contributed by atoms with van der Waals surface area (Å²) in [7, 11) is 2.32. The van der Waals surface area contributed by atoms with E-state index in [2.05, 4.69) is 65.7 Å². The Hall–Kier alpha value is -0.0800. The fourth-order valence-corrected chi connectivity index (χ4v) is 3.76. The molecule has 0 aromatic heterocycles. The van der Waals surface area contributed by atoms with Gasteiger partial charge in [-0.05, 0) is 64.8 Å². The predicted molar refractivity (Wildman–Crippen MR) is 94.8 cm³/mol. The maximum atomic E-state index is 3.80. The van der Waals surface area contributed by atoms with Crippen molar-refractivity contribution < 1.29 is 0 Å². The molecule has 0 aliphatic heterocycles. The summed E-state index contributed by atoms with van der Waals surface area (Å²) in [6, 6.07) is 0.661. The number of hydrogen-bond acceptors (Lipinski definition) is 2. The van der Waals surface area contributed by atoms with Crippen molar-refractivity contribution in [2.24, 2.45) is 17.3 Å². The summed E-state index contributed by atoms with van der Waals surface area (Å²) in [4.78, 5) is 2.60. The minimum atomic E-state index is 0.218. The third kappa shape index (κ3) is 6.28. The summed E-state index contributed by atoms with van der Waals surface area (Å²) in [5.74, 6) is 1.60. The van der Waals surface area contributed by atoms with Crippen LogP contribution in [0.2, 0.25) is 0 Å². The third-order valence-corrected chi connectivity index (χ3v) is 5.42. The minimum absolute atomic E-state index is 0.218. The molecule has 126 valence electrons. The lowest BCUT2D eigenvalue weighted by molar-refractivity contribution is 0.0604. The molecular weight excluding hydrogens is 256 g/mol. The third-order valence-electron chi connectivity index (χ3n) is 5.42. The van der Waals surface area contributed by atoms with Gasteiger partial charge in [-0.15, -0.1) is 0 Å². The van der Waals surface area contributed by atoms with Gasteiger partial charge in [0.2, 0.25) is 0 Å². The van der Waals surface area contributed by atoms with Crippen LogP contribution in [0.3, 0.4) is 0 Å². The zero-order valence-corrected chi connectivity index (χ0v) is 15.9. The van der Waals surface area contributed by atoms with Crippen molar-refractivity contribution >= 4 is 0 Å². The van der Waals surface area contributed by atoms with Gasteiger partial charge in [0.1, 0.15) is 0 Å². The maximum Gasteiger partial charge on any atom is 0.00967 e. The fraction of sp³-hybridized carbons (Fsp3) is 1.00. The van der Waals surface area contributed by atoms with E-state index in [4.69, 9.17) is 0 Å². The molecule has 0 saturated heterocycles. The Morgan fingerprint density at radius 1 is 1.24 bits per heavy atom. The van der Waals surface area contributed by atoms with Crippen LogP contribution >= 0.6 is 0 Å². The molecule has 3 atom stereocenters. The van der Waals surface area contributed by atoms with E-state index in [1.165, 1.54) is 32.2 Å². The van der Waals surface area contributed by atoms with Crippen molar-refractivity contribution in [3.8, 4) is 0 Å². The van der Waals surface area contributed by atoms with E-state index < -0.39 is 0 Å². The first-order chi connectivity index (χ1) is 9.55. The Morgan fingerprint density at radius 3 is 2.33 bits per heavy atom. The van der Waals surface area contributed by atoms with Crippen LogP contribution in [0.15, 0.2) is 0 Å². The van der Waals surface area contributed by atoms with Gasteiger partial charge in [0.05, 0.1) is 0 Å². The molecule has 1 aliphatic carbocycles. The Balaban J connectivity index is 2.76. The van der Waals surface area contributed by atoms with Crippen LogP contribution in [0.5, 0.6) is 0 Å². The van der Waals surface area contributed by atoms with Gasteiger partial charge in [0.25, 0.3) is 0 Å².